The van der Waals surface area contributed by atoms with Crippen LogP contribution < -0.4 is 10.1 Å². The fourth-order valence-electron chi connectivity index (χ4n) is 2.33. The Hall–Kier alpha value is -2.42. The molecule has 3 rings (SSSR count). The Labute approximate surface area is 172 Å². The number of aromatic nitrogens is 1. The fraction of sp³-hybridized carbons (Fsp3) is 0.158. The SMILES string of the molecule is CS(=O)(=O)c1ccc(NC(=O)Cc2csc(COc3ccc(Cl)cc3)n2)cc1. The van der Waals surface area contributed by atoms with Crippen LogP contribution in [0, 0.1) is 0 Å². The van der Waals surface area contributed by atoms with Crippen LogP contribution in [0.25, 0.3) is 0 Å². The van der Waals surface area contributed by atoms with Gasteiger partial charge in [-0.3, -0.25) is 4.79 Å². The number of carbonyl (C=O) groups is 1. The summed E-state index contributed by atoms with van der Waals surface area (Å²) in [4.78, 5) is 16.8. The molecule has 0 aliphatic carbocycles. The molecule has 146 valence electrons. The van der Waals surface area contributed by atoms with Crippen molar-refractivity contribution in [1.82, 2.24) is 4.98 Å². The minimum atomic E-state index is -3.26. The maximum atomic E-state index is 12.2. The van der Waals surface area contributed by atoms with Crippen LogP contribution in [0.3, 0.4) is 0 Å². The Morgan fingerprint density at radius 2 is 1.82 bits per heavy atom. The molecular formula is C19H17ClN2O4S2. The van der Waals surface area contributed by atoms with Gasteiger partial charge in [-0.05, 0) is 48.5 Å². The largest absolute Gasteiger partial charge is 0.486 e. The number of nitrogens with zero attached hydrogens (tertiary/aromatic N) is 1. The van der Waals surface area contributed by atoms with Crippen molar-refractivity contribution in [2.75, 3.05) is 11.6 Å². The minimum Gasteiger partial charge on any atom is -0.486 e. The molecule has 2 aromatic carbocycles. The Bertz CT molecular complexity index is 1060. The molecule has 3 aromatic rings. The van der Waals surface area contributed by atoms with Crippen LogP contribution in [0.2, 0.25) is 5.02 Å². The van der Waals surface area contributed by atoms with Gasteiger partial charge in [-0.25, -0.2) is 13.4 Å². The number of rotatable bonds is 7. The van der Waals surface area contributed by atoms with Crippen molar-refractivity contribution in [2.45, 2.75) is 17.9 Å². The van der Waals surface area contributed by atoms with Gasteiger partial charge in [-0.1, -0.05) is 11.6 Å². The number of hydrogen-bond acceptors (Lipinski definition) is 6. The Morgan fingerprint density at radius 3 is 2.46 bits per heavy atom. The van der Waals surface area contributed by atoms with Crippen LogP contribution in [-0.4, -0.2) is 25.6 Å². The second kappa shape index (κ2) is 8.72. The van der Waals surface area contributed by atoms with Gasteiger partial charge in [0.15, 0.2) is 9.84 Å². The molecule has 0 aliphatic heterocycles. The normalized spacial score (nSPS) is 11.2. The molecule has 1 heterocycles. The number of halogens is 1. The number of sulfone groups is 1. The summed E-state index contributed by atoms with van der Waals surface area (Å²) < 4.78 is 28.6. The quantitative estimate of drug-likeness (QED) is 0.605. The summed E-state index contributed by atoms with van der Waals surface area (Å²) in [5.41, 5.74) is 1.17. The molecule has 6 nitrogen and oxygen atoms in total. The maximum absolute atomic E-state index is 12.2. The van der Waals surface area contributed by atoms with Crippen molar-refractivity contribution in [1.29, 1.82) is 0 Å². The van der Waals surface area contributed by atoms with Crippen molar-refractivity contribution in [3.05, 3.63) is 69.6 Å². The Morgan fingerprint density at radius 1 is 1.14 bits per heavy atom. The first-order valence-electron chi connectivity index (χ1n) is 8.21. The molecule has 1 amide bonds. The Balaban J connectivity index is 1.52. The number of ether oxygens (including phenoxy) is 1. The average molecular weight is 437 g/mol. The number of thiazole rings is 1. The summed E-state index contributed by atoms with van der Waals surface area (Å²) in [5.74, 6) is 0.457. The molecule has 0 unspecified atom stereocenters. The molecule has 0 radical (unpaired) electrons. The van der Waals surface area contributed by atoms with E-state index in [0.29, 0.717) is 28.8 Å². The third kappa shape index (κ3) is 5.79. The maximum Gasteiger partial charge on any atom is 0.230 e. The lowest BCUT2D eigenvalue weighted by atomic mass is 10.3. The van der Waals surface area contributed by atoms with Gasteiger partial charge in [0.25, 0.3) is 0 Å². The van der Waals surface area contributed by atoms with Crippen molar-refractivity contribution in [3.8, 4) is 5.75 Å². The number of nitrogens with one attached hydrogen (secondary N) is 1. The fourth-order valence-corrected chi connectivity index (χ4v) is 3.79. The van der Waals surface area contributed by atoms with Crippen LogP contribution in [0.15, 0.2) is 58.8 Å². The van der Waals surface area contributed by atoms with E-state index in [4.69, 9.17) is 16.3 Å². The Kier molecular flexibility index (Phi) is 6.33. The third-order valence-corrected chi connectivity index (χ3v) is 5.93. The molecule has 0 aliphatic rings. The zero-order valence-electron chi connectivity index (χ0n) is 14.9. The zero-order valence-corrected chi connectivity index (χ0v) is 17.3. The van der Waals surface area contributed by atoms with Crippen molar-refractivity contribution in [2.24, 2.45) is 0 Å². The van der Waals surface area contributed by atoms with Crippen LogP contribution >= 0.6 is 22.9 Å². The van der Waals surface area contributed by atoms with Gasteiger partial charge >= 0.3 is 0 Å². The summed E-state index contributed by atoms with van der Waals surface area (Å²) in [7, 11) is -3.26. The highest BCUT2D eigenvalue weighted by atomic mass is 35.5. The monoisotopic (exact) mass is 436 g/mol. The van der Waals surface area contributed by atoms with E-state index in [0.717, 1.165) is 11.3 Å². The minimum absolute atomic E-state index is 0.116. The lowest BCUT2D eigenvalue weighted by molar-refractivity contribution is -0.115. The number of hydrogen-bond donors (Lipinski definition) is 1. The lowest BCUT2D eigenvalue weighted by Gasteiger charge is -2.05. The van der Waals surface area contributed by atoms with E-state index in [2.05, 4.69) is 10.3 Å². The van der Waals surface area contributed by atoms with Crippen molar-refractivity contribution in [3.63, 3.8) is 0 Å². The van der Waals surface area contributed by atoms with E-state index < -0.39 is 9.84 Å². The molecule has 0 saturated carbocycles. The molecule has 9 heteroatoms. The third-order valence-electron chi connectivity index (χ3n) is 3.68. The summed E-state index contributed by atoms with van der Waals surface area (Å²) in [5, 5.41) is 5.94. The smallest absolute Gasteiger partial charge is 0.230 e. The predicted molar refractivity (Wildman–Crippen MR) is 110 cm³/mol. The topological polar surface area (TPSA) is 85.4 Å². The number of benzene rings is 2. The van der Waals surface area contributed by atoms with Gasteiger partial charge < -0.3 is 10.1 Å². The van der Waals surface area contributed by atoms with Crippen LogP contribution in [0.4, 0.5) is 5.69 Å². The number of amides is 1. The van der Waals surface area contributed by atoms with Gasteiger partial charge in [0.1, 0.15) is 17.4 Å². The summed E-state index contributed by atoms with van der Waals surface area (Å²) in [6.07, 6.45) is 1.25. The number of anilines is 1. The van der Waals surface area contributed by atoms with Gasteiger partial charge in [0.05, 0.1) is 17.0 Å². The summed E-state index contributed by atoms with van der Waals surface area (Å²) in [6.45, 7) is 0.306. The second-order valence-corrected chi connectivity index (χ2v) is 9.39. The van der Waals surface area contributed by atoms with E-state index in [9.17, 15) is 13.2 Å². The molecule has 1 aromatic heterocycles. The van der Waals surface area contributed by atoms with E-state index in [1.807, 2.05) is 5.38 Å². The summed E-state index contributed by atoms with van der Waals surface area (Å²) in [6, 6.07) is 13.1. The van der Waals surface area contributed by atoms with Crippen LogP contribution in [0.5, 0.6) is 5.75 Å². The standard InChI is InChI=1S/C19H17ClN2O4S2/c1-28(24,25)17-8-4-14(5-9-17)21-18(23)10-15-12-27-19(22-15)11-26-16-6-2-13(20)3-7-16/h2-9,12H,10-11H2,1H3,(H,21,23). The molecule has 0 spiro atoms. The van der Waals surface area contributed by atoms with Gasteiger partial charge in [0, 0.05) is 22.3 Å². The molecular weight excluding hydrogens is 420 g/mol. The van der Waals surface area contributed by atoms with Gasteiger partial charge in [-0.2, -0.15) is 0 Å². The van der Waals surface area contributed by atoms with Crippen molar-refractivity contribution < 1.29 is 17.9 Å². The summed E-state index contributed by atoms with van der Waals surface area (Å²) >= 11 is 7.25. The highest BCUT2D eigenvalue weighted by Crippen LogP contribution is 2.19. The van der Waals surface area contributed by atoms with Crippen LogP contribution in [0.1, 0.15) is 10.7 Å². The highest BCUT2D eigenvalue weighted by molar-refractivity contribution is 7.90. The second-order valence-electron chi connectivity index (χ2n) is 6.00. The molecule has 0 saturated heterocycles. The van der Waals surface area contributed by atoms with E-state index in [1.165, 1.54) is 23.5 Å². The van der Waals surface area contributed by atoms with Crippen molar-refractivity contribution >= 4 is 44.4 Å². The highest BCUT2D eigenvalue weighted by Gasteiger charge is 2.10. The first-order valence-corrected chi connectivity index (χ1v) is 11.4. The molecule has 28 heavy (non-hydrogen) atoms. The number of carbonyl (C=O) groups excluding carboxylic acids is 1. The molecule has 0 bridgehead atoms. The predicted octanol–water partition coefficient (Wildman–Crippen LogP) is 3.96. The average Bonchev–Trinajstić information content (AvgIpc) is 3.08. The first-order chi connectivity index (χ1) is 13.3. The van der Waals surface area contributed by atoms with Crippen LogP contribution in [-0.2, 0) is 27.7 Å². The van der Waals surface area contributed by atoms with Gasteiger partial charge in [0.2, 0.25) is 5.91 Å². The van der Waals surface area contributed by atoms with E-state index in [-0.39, 0.29) is 17.2 Å². The lowest BCUT2D eigenvalue weighted by Crippen LogP contribution is -2.14. The molecule has 1 N–H and O–H groups in total. The van der Waals surface area contributed by atoms with Gasteiger partial charge in [-0.15, -0.1) is 11.3 Å². The first kappa shape index (κ1) is 20.3. The van der Waals surface area contributed by atoms with E-state index in [1.54, 1.807) is 36.4 Å². The molecule has 0 atom stereocenters. The zero-order chi connectivity index (χ0) is 20.1. The van der Waals surface area contributed by atoms with E-state index >= 15 is 0 Å². The molecule has 0 fully saturated rings.